The van der Waals surface area contributed by atoms with E-state index in [9.17, 15) is 4.79 Å². The lowest BCUT2D eigenvalue weighted by molar-refractivity contribution is 0.0960. The van der Waals surface area contributed by atoms with E-state index in [0.717, 1.165) is 24.5 Å². The molecule has 0 aromatic carbocycles. The van der Waals surface area contributed by atoms with Crippen molar-refractivity contribution >= 4 is 27.9 Å². The van der Waals surface area contributed by atoms with Gasteiger partial charge in [-0.25, -0.2) is 0 Å². The quantitative estimate of drug-likeness (QED) is 0.644. The van der Waals surface area contributed by atoms with E-state index < -0.39 is 0 Å². The third-order valence-corrected chi connectivity index (χ3v) is 4.28. The Morgan fingerprint density at radius 2 is 2.20 bits per heavy atom. The van der Waals surface area contributed by atoms with Crippen LogP contribution in [0.15, 0.2) is 6.07 Å². The Balaban J connectivity index is 2.42. The molecule has 5 nitrogen and oxygen atoms in total. The molecule has 1 aromatic heterocycles. The number of carbonyl (C=O) groups is 1. The van der Waals surface area contributed by atoms with E-state index in [4.69, 9.17) is 5.73 Å². The van der Waals surface area contributed by atoms with Crippen molar-refractivity contribution in [2.45, 2.75) is 33.2 Å². The number of anilines is 2. The molecule has 20 heavy (non-hydrogen) atoms. The SMILES string of the molecule is CCNC(=O)c1sc(NCCCN(C)C(C)C)cc1N. The van der Waals surface area contributed by atoms with Crippen LogP contribution in [0.5, 0.6) is 0 Å². The summed E-state index contributed by atoms with van der Waals surface area (Å²) >= 11 is 1.41. The van der Waals surface area contributed by atoms with Crippen molar-refractivity contribution in [3.63, 3.8) is 0 Å². The molecule has 0 saturated heterocycles. The van der Waals surface area contributed by atoms with Crippen LogP contribution in [-0.4, -0.2) is 43.5 Å². The van der Waals surface area contributed by atoms with E-state index in [1.54, 1.807) is 0 Å². The minimum absolute atomic E-state index is 0.0948. The van der Waals surface area contributed by atoms with Crippen LogP contribution in [-0.2, 0) is 0 Å². The summed E-state index contributed by atoms with van der Waals surface area (Å²) < 4.78 is 0. The van der Waals surface area contributed by atoms with Gasteiger partial charge in [-0.05, 0) is 46.9 Å². The maximum absolute atomic E-state index is 11.8. The molecule has 0 unspecified atom stereocenters. The van der Waals surface area contributed by atoms with E-state index in [2.05, 4.69) is 36.4 Å². The number of nitrogens with two attached hydrogens (primary N) is 1. The first-order valence-corrected chi connectivity index (χ1v) is 7.89. The average molecular weight is 298 g/mol. The van der Waals surface area contributed by atoms with Gasteiger partial charge in [-0.15, -0.1) is 11.3 Å². The first kappa shape index (κ1) is 16.8. The van der Waals surface area contributed by atoms with E-state index in [1.807, 2.05) is 13.0 Å². The lowest BCUT2D eigenvalue weighted by atomic mass is 10.3. The van der Waals surface area contributed by atoms with Gasteiger partial charge in [-0.2, -0.15) is 0 Å². The summed E-state index contributed by atoms with van der Waals surface area (Å²) in [4.78, 5) is 14.7. The Labute approximate surface area is 125 Å². The van der Waals surface area contributed by atoms with Gasteiger partial charge in [0.1, 0.15) is 4.88 Å². The van der Waals surface area contributed by atoms with Crippen LogP contribution in [0.25, 0.3) is 0 Å². The van der Waals surface area contributed by atoms with Gasteiger partial charge in [0.2, 0.25) is 0 Å². The van der Waals surface area contributed by atoms with E-state index >= 15 is 0 Å². The van der Waals surface area contributed by atoms with E-state index in [-0.39, 0.29) is 5.91 Å². The van der Waals surface area contributed by atoms with Crippen LogP contribution in [0.4, 0.5) is 10.7 Å². The molecular formula is C14H26N4OS. The zero-order chi connectivity index (χ0) is 15.1. The van der Waals surface area contributed by atoms with Crippen LogP contribution in [0.1, 0.15) is 36.9 Å². The van der Waals surface area contributed by atoms with Crippen LogP contribution in [0, 0.1) is 0 Å². The zero-order valence-corrected chi connectivity index (χ0v) is 13.6. The lowest BCUT2D eigenvalue weighted by Gasteiger charge is -2.20. The molecule has 1 heterocycles. The molecule has 1 aromatic rings. The Morgan fingerprint density at radius 3 is 2.80 bits per heavy atom. The predicted octanol–water partition coefficient (Wildman–Crippen LogP) is 2.22. The van der Waals surface area contributed by atoms with Gasteiger partial charge in [-0.1, -0.05) is 0 Å². The molecule has 6 heteroatoms. The third kappa shape index (κ3) is 5.02. The predicted molar refractivity (Wildman–Crippen MR) is 87.6 cm³/mol. The van der Waals surface area contributed by atoms with E-state index in [0.29, 0.717) is 23.2 Å². The summed E-state index contributed by atoms with van der Waals surface area (Å²) in [7, 11) is 2.13. The van der Waals surface area contributed by atoms with Crippen molar-refractivity contribution in [2.75, 3.05) is 37.7 Å². The second-order valence-electron chi connectivity index (χ2n) is 5.11. The first-order valence-electron chi connectivity index (χ1n) is 7.07. The molecule has 114 valence electrons. The smallest absolute Gasteiger partial charge is 0.263 e. The molecule has 0 bridgehead atoms. The van der Waals surface area contributed by atoms with Crippen molar-refractivity contribution in [3.05, 3.63) is 10.9 Å². The van der Waals surface area contributed by atoms with Crippen molar-refractivity contribution in [3.8, 4) is 0 Å². The lowest BCUT2D eigenvalue weighted by Crippen LogP contribution is -2.28. The zero-order valence-electron chi connectivity index (χ0n) is 12.8. The molecule has 1 amide bonds. The molecule has 0 aliphatic rings. The van der Waals surface area contributed by atoms with Gasteiger partial charge in [-0.3, -0.25) is 4.79 Å². The van der Waals surface area contributed by atoms with Crippen LogP contribution in [0.3, 0.4) is 0 Å². The summed E-state index contributed by atoms with van der Waals surface area (Å²) in [6.45, 7) is 8.81. The van der Waals surface area contributed by atoms with Gasteiger partial charge >= 0.3 is 0 Å². The number of hydrogen-bond donors (Lipinski definition) is 3. The minimum atomic E-state index is -0.0948. The fourth-order valence-corrected chi connectivity index (χ4v) is 2.63. The number of rotatable bonds is 8. The average Bonchev–Trinajstić information content (AvgIpc) is 2.76. The molecule has 0 aliphatic carbocycles. The highest BCUT2D eigenvalue weighted by atomic mass is 32.1. The van der Waals surface area contributed by atoms with Gasteiger partial charge in [0.05, 0.1) is 10.7 Å². The molecular weight excluding hydrogens is 272 g/mol. The molecule has 4 N–H and O–H groups in total. The number of nitrogen functional groups attached to an aromatic ring is 1. The van der Waals surface area contributed by atoms with Gasteiger partial charge < -0.3 is 21.3 Å². The van der Waals surface area contributed by atoms with Crippen LogP contribution >= 0.6 is 11.3 Å². The number of hydrogen-bond acceptors (Lipinski definition) is 5. The first-order chi connectivity index (χ1) is 9.45. The Hall–Kier alpha value is -1.27. The highest BCUT2D eigenvalue weighted by Crippen LogP contribution is 2.28. The maximum atomic E-state index is 11.8. The van der Waals surface area contributed by atoms with Gasteiger partial charge in [0.25, 0.3) is 5.91 Å². The third-order valence-electron chi connectivity index (χ3n) is 3.17. The molecule has 0 radical (unpaired) electrons. The summed E-state index contributed by atoms with van der Waals surface area (Å²) in [6.07, 6.45) is 1.06. The molecule has 0 spiro atoms. The fourth-order valence-electron chi connectivity index (χ4n) is 1.71. The van der Waals surface area contributed by atoms with E-state index in [1.165, 1.54) is 11.3 Å². The monoisotopic (exact) mass is 298 g/mol. The highest BCUT2D eigenvalue weighted by molar-refractivity contribution is 7.18. The highest BCUT2D eigenvalue weighted by Gasteiger charge is 2.13. The maximum Gasteiger partial charge on any atom is 0.263 e. The number of carbonyl (C=O) groups excluding carboxylic acids is 1. The largest absolute Gasteiger partial charge is 0.397 e. The number of thiophene rings is 1. The summed E-state index contributed by atoms with van der Waals surface area (Å²) in [5, 5.41) is 7.05. The molecule has 1 rings (SSSR count). The molecule has 0 atom stereocenters. The van der Waals surface area contributed by atoms with Crippen LogP contribution < -0.4 is 16.4 Å². The van der Waals surface area contributed by atoms with Crippen molar-refractivity contribution in [1.29, 1.82) is 0 Å². The number of nitrogens with zero attached hydrogens (tertiary/aromatic N) is 1. The summed E-state index contributed by atoms with van der Waals surface area (Å²) in [5.41, 5.74) is 6.41. The molecule has 0 saturated carbocycles. The van der Waals surface area contributed by atoms with Crippen LogP contribution in [0.2, 0.25) is 0 Å². The van der Waals surface area contributed by atoms with Crippen molar-refractivity contribution in [1.82, 2.24) is 10.2 Å². The normalized spacial score (nSPS) is 11.1. The minimum Gasteiger partial charge on any atom is -0.397 e. The van der Waals surface area contributed by atoms with Gasteiger partial charge in [0.15, 0.2) is 0 Å². The number of nitrogens with one attached hydrogen (secondary N) is 2. The van der Waals surface area contributed by atoms with Crippen molar-refractivity contribution in [2.24, 2.45) is 0 Å². The second kappa shape index (κ2) is 8.11. The topological polar surface area (TPSA) is 70.4 Å². The summed E-state index contributed by atoms with van der Waals surface area (Å²) in [5.74, 6) is -0.0948. The summed E-state index contributed by atoms with van der Waals surface area (Å²) in [6, 6.07) is 2.40. The molecule has 0 fully saturated rings. The number of amides is 1. The standard InChI is InChI=1S/C14H26N4OS/c1-5-16-14(19)13-11(15)9-12(20-13)17-7-6-8-18(4)10(2)3/h9-10,17H,5-8,15H2,1-4H3,(H,16,19). The van der Waals surface area contributed by atoms with Crippen molar-refractivity contribution < 1.29 is 4.79 Å². The molecule has 0 aliphatic heterocycles. The Kier molecular flexibility index (Phi) is 6.81. The van der Waals surface area contributed by atoms with Gasteiger partial charge in [0, 0.05) is 19.1 Å². The Bertz CT molecular complexity index is 431. The Morgan fingerprint density at radius 1 is 1.50 bits per heavy atom. The fraction of sp³-hybridized carbons (Fsp3) is 0.643. The second-order valence-corrected chi connectivity index (χ2v) is 6.16.